The molecule has 3 N–H and O–H groups in total. The van der Waals surface area contributed by atoms with Gasteiger partial charge in [0.05, 0.1) is 0 Å². The molecular weight excluding hydrogens is 398 g/mol. The average molecular weight is 424 g/mol. The molecule has 0 atom stereocenters. The van der Waals surface area contributed by atoms with Gasteiger partial charge in [-0.1, -0.05) is 18.0 Å². The van der Waals surface area contributed by atoms with Gasteiger partial charge in [-0.3, -0.25) is 4.79 Å². The second-order valence-electron chi connectivity index (χ2n) is 8.50. The first-order chi connectivity index (χ1) is 14.7. The normalized spacial score (nSPS) is 21.9. The SMILES string of the molecule is O=C(NC1CCC(Nc2cc(-c3c[nH]c4ncccc34)cc(Cl)n2)CC1)C1CCC1. The molecule has 2 aliphatic rings. The maximum Gasteiger partial charge on any atom is 0.223 e. The number of H-pyrrole nitrogens is 1. The predicted molar refractivity (Wildman–Crippen MR) is 119 cm³/mol. The zero-order chi connectivity index (χ0) is 20.5. The van der Waals surface area contributed by atoms with E-state index in [1.54, 1.807) is 6.20 Å². The second kappa shape index (κ2) is 8.26. The number of carbonyl (C=O) groups is 1. The predicted octanol–water partition coefficient (Wildman–Crippen LogP) is 4.92. The van der Waals surface area contributed by atoms with Crippen molar-refractivity contribution in [2.75, 3.05) is 5.32 Å². The minimum Gasteiger partial charge on any atom is -0.367 e. The summed E-state index contributed by atoms with van der Waals surface area (Å²) in [5.74, 6) is 1.30. The van der Waals surface area contributed by atoms with E-state index in [0.717, 1.165) is 66.5 Å². The maximum atomic E-state index is 12.2. The molecule has 0 saturated heterocycles. The minimum atomic E-state index is 0.257. The van der Waals surface area contributed by atoms with Gasteiger partial charge in [-0.15, -0.1) is 0 Å². The number of hydrogen-bond acceptors (Lipinski definition) is 4. The third-order valence-electron chi connectivity index (χ3n) is 6.46. The number of rotatable bonds is 5. The smallest absolute Gasteiger partial charge is 0.223 e. The van der Waals surface area contributed by atoms with Gasteiger partial charge >= 0.3 is 0 Å². The van der Waals surface area contributed by atoms with Crippen LogP contribution in [-0.2, 0) is 4.79 Å². The summed E-state index contributed by atoms with van der Waals surface area (Å²) in [6, 6.07) is 8.56. The lowest BCUT2D eigenvalue weighted by atomic mass is 9.84. The molecule has 5 rings (SSSR count). The second-order valence-corrected chi connectivity index (χ2v) is 8.88. The van der Waals surface area contributed by atoms with Crippen molar-refractivity contribution < 1.29 is 4.79 Å². The molecule has 0 unspecified atom stereocenters. The van der Waals surface area contributed by atoms with Gasteiger partial charge in [-0.05, 0) is 68.4 Å². The lowest BCUT2D eigenvalue weighted by Gasteiger charge is -2.32. The summed E-state index contributed by atoms with van der Waals surface area (Å²) in [6.45, 7) is 0. The number of hydrogen-bond donors (Lipinski definition) is 3. The Morgan fingerprint density at radius 2 is 1.90 bits per heavy atom. The Bertz CT molecular complexity index is 1050. The van der Waals surface area contributed by atoms with E-state index in [1.165, 1.54) is 6.42 Å². The van der Waals surface area contributed by atoms with Gasteiger partial charge in [0, 0.05) is 41.3 Å². The molecule has 2 fully saturated rings. The molecule has 3 aromatic rings. The summed E-state index contributed by atoms with van der Waals surface area (Å²) >= 11 is 6.34. The van der Waals surface area contributed by atoms with Crippen molar-refractivity contribution in [1.82, 2.24) is 20.3 Å². The number of amides is 1. The quantitative estimate of drug-likeness (QED) is 0.509. The number of anilines is 1. The number of nitrogens with zero attached hydrogens (tertiary/aromatic N) is 2. The van der Waals surface area contributed by atoms with Crippen molar-refractivity contribution >= 4 is 34.4 Å². The molecule has 0 spiro atoms. The first kappa shape index (κ1) is 19.4. The molecule has 7 heteroatoms. The number of pyridine rings is 2. The van der Waals surface area contributed by atoms with Crippen molar-refractivity contribution in [1.29, 1.82) is 0 Å². The largest absolute Gasteiger partial charge is 0.367 e. The van der Waals surface area contributed by atoms with Crippen LogP contribution in [0.4, 0.5) is 5.82 Å². The molecule has 0 radical (unpaired) electrons. The summed E-state index contributed by atoms with van der Waals surface area (Å²) in [4.78, 5) is 24.3. The fourth-order valence-corrected chi connectivity index (χ4v) is 4.71. The Balaban J connectivity index is 1.24. The number of carbonyl (C=O) groups excluding carboxylic acids is 1. The Morgan fingerprint density at radius 1 is 1.10 bits per heavy atom. The molecule has 0 aromatic carbocycles. The van der Waals surface area contributed by atoms with E-state index in [-0.39, 0.29) is 11.8 Å². The maximum absolute atomic E-state index is 12.2. The number of nitrogens with one attached hydrogen (secondary N) is 3. The molecule has 156 valence electrons. The van der Waals surface area contributed by atoms with Crippen LogP contribution in [-0.4, -0.2) is 32.9 Å². The molecule has 2 aliphatic carbocycles. The van der Waals surface area contributed by atoms with Crippen molar-refractivity contribution in [2.24, 2.45) is 5.92 Å². The molecule has 30 heavy (non-hydrogen) atoms. The van der Waals surface area contributed by atoms with Crippen molar-refractivity contribution in [3.05, 3.63) is 41.8 Å². The summed E-state index contributed by atoms with van der Waals surface area (Å²) in [5, 5.41) is 8.33. The van der Waals surface area contributed by atoms with Crippen LogP contribution in [0.2, 0.25) is 5.15 Å². The molecule has 3 heterocycles. The van der Waals surface area contributed by atoms with E-state index in [2.05, 4.69) is 31.7 Å². The topological polar surface area (TPSA) is 82.7 Å². The lowest BCUT2D eigenvalue weighted by molar-refractivity contribution is -0.128. The van der Waals surface area contributed by atoms with E-state index in [9.17, 15) is 4.79 Å². The van der Waals surface area contributed by atoms with Crippen LogP contribution in [0.1, 0.15) is 44.9 Å². The standard InChI is InChI=1S/C23H26ClN5O/c24-20-11-15(19-13-26-22-18(19)5-2-10-25-22)12-21(29-20)27-16-6-8-17(9-7-16)28-23(30)14-3-1-4-14/h2,5,10-14,16-17H,1,3-4,6-9H2,(H,25,26)(H,27,29)(H,28,30). The summed E-state index contributed by atoms with van der Waals surface area (Å²) in [6.07, 6.45) is 11.1. The molecule has 0 bridgehead atoms. The van der Waals surface area contributed by atoms with Crippen LogP contribution in [0.15, 0.2) is 36.7 Å². The van der Waals surface area contributed by atoms with Gasteiger partial charge in [0.15, 0.2) is 0 Å². The Labute approximate surface area is 180 Å². The van der Waals surface area contributed by atoms with E-state index in [4.69, 9.17) is 11.6 Å². The summed E-state index contributed by atoms with van der Waals surface area (Å²) < 4.78 is 0. The van der Waals surface area contributed by atoms with E-state index < -0.39 is 0 Å². The number of aromatic amines is 1. The van der Waals surface area contributed by atoms with E-state index in [1.807, 2.05) is 24.4 Å². The van der Waals surface area contributed by atoms with Crippen LogP contribution < -0.4 is 10.6 Å². The molecule has 1 amide bonds. The Kier molecular flexibility index (Phi) is 5.34. The monoisotopic (exact) mass is 423 g/mol. The lowest BCUT2D eigenvalue weighted by Crippen LogP contribution is -2.44. The third kappa shape index (κ3) is 4.01. The molecule has 2 saturated carbocycles. The van der Waals surface area contributed by atoms with Crippen LogP contribution in [0, 0.1) is 5.92 Å². The fourth-order valence-electron chi connectivity index (χ4n) is 4.50. The zero-order valence-electron chi connectivity index (χ0n) is 16.8. The van der Waals surface area contributed by atoms with E-state index in [0.29, 0.717) is 17.2 Å². The highest BCUT2D eigenvalue weighted by molar-refractivity contribution is 6.29. The number of fused-ring (bicyclic) bond motifs is 1. The average Bonchev–Trinajstić information content (AvgIpc) is 3.12. The summed E-state index contributed by atoms with van der Waals surface area (Å²) in [5.41, 5.74) is 2.93. The van der Waals surface area contributed by atoms with Gasteiger partial charge in [-0.25, -0.2) is 9.97 Å². The number of halogens is 1. The van der Waals surface area contributed by atoms with Gasteiger partial charge < -0.3 is 15.6 Å². The van der Waals surface area contributed by atoms with Crippen molar-refractivity contribution in [3.63, 3.8) is 0 Å². The molecular formula is C23H26ClN5O. The third-order valence-corrected chi connectivity index (χ3v) is 6.65. The highest BCUT2D eigenvalue weighted by Gasteiger charge is 2.29. The van der Waals surface area contributed by atoms with Crippen molar-refractivity contribution in [2.45, 2.75) is 57.0 Å². The van der Waals surface area contributed by atoms with E-state index >= 15 is 0 Å². The highest BCUT2D eigenvalue weighted by Crippen LogP contribution is 2.32. The number of aromatic nitrogens is 3. The van der Waals surface area contributed by atoms with Crippen LogP contribution in [0.3, 0.4) is 0 Å². The first-order valence-corrected chi connectivity index (χ1v) is 11.2. The van der Waals surface area contributed by atoms with Gasteiger partial charge in [-0.2, -0.15) is 0 Å². The first-order valence-electron chi connectivity index (χ1n) is 10.8. The van der Waals surface area contributed by atoms with Gasteiger partial charge in [0.1, 0.15) is 16.6 Å². The van der Waals surface area contributed by atoms with Crippen molar-refractivity contribution in [3.8, 4) is 11.1 Å². The van der Waals surface area contributed by atoms with Crippen LogP contribution in [0.5, 0.6) is 0 Å². The zero-order valence-corrected chi connectivity index (χ0v) is 17.6. The van der Waals surface area contributed by atoms with Crippen LogP contribution >= 0.6 is 11.6 Å². The van der Waals surface area contributed by atoms with Gasteiger partial charge in [0.25, 0.3) is 0 Å². The molecule has 3 aromatic heterocycles. The fraction of sp³-hybridized carbons (Fsp3) is 0.435. The van der Waals surface area contributed by atoms with Gasteiger partial charge in [0.2, 0.25) is 5.91 Å². The Morgan fingerprint density at radius 3 is 2.67 bits per heavy atom. The van der Waals surface area contributed by atoms with Crippen LogP contribution in [0.25, 0.3) is 22.2 Å². The highest BCUT2D eigenvalue weighted by atomic mass is 35.5. The molecule has 0 aliphatic heterocycles. The molecule has 6 nitrogen and oxygen atoms in total. The minimum absolute atomic E-state index is 0.257. The summed E-state index contributed by atoms with van der Waals surface area (Å²) in [7, 11) is 0. The Hall–Kier alpha value is -2.60.